The SMILES string of the molecule is Fc1cc(F)cc(Cc2ccc3[nH]nc(NCc4ccc(N5CCNCC5)cc4NC4CCOCC4)c3c2)c1. The number of ether oxygens (including phenoxy) is 1. The summed E-state index contributed by atoms with van der Waals surface area (Å²) in [6, 6.07) is 16.6. The van der Waals surface area contributed by atoms with E-state index in [0.29, 0.717) is 24.6 Å². The molecule has 0 spiro atoms. The standard InChI is InChI=1S/C30H34F2N6O/c31-23-14-21(15-24(32)17-23)13-20-1-4-28-27(16-20)30(37-36-28)34-19-22-2-3-26(38-9-7-33-8-10-38)18-29(22)35-25-5-11-39-12-6-25/h1-4,14-18,25,33,35H,5-13,19H2,(H2,34,36,37). The van der Waals surface area contributed by atoms with Gasteiger partial charge in [-0.15, -0.1) is 0 Å². The first kappa shape index (κ1) is 25.6. The molecule has 2 saturated heterocycles. The van der Waals surface area contributed by atoms with Gasteiger partial charge in [0.25, 0.3) is 0 Å². The highest BCUT2D eigenvalue weighted by molar-refractivity contribution is 5.90. The van der Waals surface area contributed by atoms with Gasteiger partial charge in [-0.1, -0.05) is 12.1 Å². The smallest absolute Gasteiger partial charge is 0.156 e. The number of aromatic amines is 1. The summed E-state index contributed by atoms with van der Waals surface area (Å²) in [6.07, 6.45) is 2.42. The molecule has 7 nitrogen and oxygen atoms in total. The first-order valence-electron chi connectivity index (χ1n) is 13.7. The molecule has 4 N–H and O–H groups in total. The Kier molecular flexibility index (Phi) is 7.60. The molecule has 3 aromatic carbocycles. The first-order valence-corrected chi connectivity index (χ1v) is 13.7. The molecule has 1 aromatic heterocycles. The molecule has 2 aliphatic heterocycles. The fourth-order valence-electron chi connectivity index (χ4n) is 5.47. The van der Waals surface area contributed by atoms with E-state index in [0.717, 1.165) is 86.3 Å². The summed E-state index contributed by atoms with van der Waals surface area (Å²) in [7, 11) is 0. The zero-order valence-electron chi connectivity index (χ0n) is 21.9. The van der Waals surface area contributed by atoms with E-state index >= 15 is 0 Å². The van der Waals surface area contributed by atoms with Gasteiger partial charge < -0.3 is 25.6 Å². The van der Waals surface area contributed by atoms with Crippen molar-refractivity contribution in [2.75, 3.05) is 54.9 Å². The second-order valence-corrected chi connectivity index (χ2v) is 10.4. The maximum atomic E-state index is 13.7. The van der Waals surface area contributed by atoms with Crippen molar-refractivity contribution in [3.05, 3.63) is 82.9 Å². The van der Waals surface area contributed by atoms with Crippen LogP contribution in [0.3, 0.4) is 0 Å². The molecule has 2 aliphatic rings. The number of piperazine rings is 1. The molecular formula is C30H34F2N6O. The predicted molar refractivity (Wildman–Crippen MR) is 152 cm³/mol. The summed E-state index contributed by atoms with van der Waals surface area (Å²) < 4.78 is 32.9. The van der Waals surface area contributed by atoms with E-state index in [4.69, 9.17) is 4.74 Å². The Bertz CT molecular complexity index is 1410. The lowest BCUT2D eigenvalue weighted by molar-refractivity contribution is 0.0904. The Hall–Kier alpha value is -3.69. The van der Waals surface area contributed by atoms with Crippen LogP contribution in [0.4, 0.5) is 26.0 Å². The van der Waals surface area contributed by atoms with Crippen molar-refractivity contribution in [1.82, 2.24) is 15.5 Å². The fourth-order valence-corrected chi connectivity index (χ4v) is 5.47. The number of halogens is 2. The van der Waals surface area contributed by atoms with E-state index in [-0.39, 0.29) is 0 Å². The minimum absolute atomic E-state index is 0.386. The second-order valence-electron chi connectivity index (χ2n) is 10.4. The van der Waals surface area contributed by atoms with Crippen LogP contribution in [0.2, 0.25) is 0 Å². The zero-order valence-corrected chi connectivity index (χ0v) is 21.9. The zero-order chi connectivity index (χ0) is 26.6. The van der Waals surface area contributed by atoms with Gasteiger partial charge in [0, 0.05) is 74.8 Å². The van der Waals surface area contributed by atoms with Crippen LogP contribution in [0.25, 0.3) is 10.9 Å². The highest BCUT2D eigenvalue weighted by atomic mass is 19.1. The number of fused-ring (bicyclic) bond motifs is 1. The normalized spacial score (nSPS) is 16.5. The van der Waals surface area contributed by atoms with Crippen molar-refractivity contribution in [2.24, 2.45) is 0 Å². The van der Waals surface area contributed by atoms with E-state index in [1.54, 1.807) is 0 Å². The number of hydrogen-bond acceptors (Lipinski definition) is 6. The monoisotopic (exact) mass is 532 g/mol. The maximum absolute atomic E-state index is 13.7. The number of nitrogens with zero attached hydrogens (tertiary/aromatic N) is 2. The Labute approximate surface area is 226 Å². The van der Waals surface area contributed by atoms with Gasteiger partial charge in [-0.05, 0) is 72.4 Å². The van der Waals surface area contributed by atoms with Crippen molar-refractivity contribution in [2.45, 2.75) is 31.8 Å². The van der Waals surface area contributed by atoms with Gasteiger partial charge >= 0.3 is 0 Å². The second kappa shape index (κ2) is 11.6. The summed E-state index contributed by atoms with van der Waals surface area (Å²) in [6.45, 7) is 6.16. The molecule has 0 amide bonds. The molecule has 204 valence electrons. The molecule has 0 radical (unpaired) electrons. The lowest BCUT2D eigenvalue weighted by Crippen LogP contribution is -2.43. The molecule has 39 heavy (non-hydrogen) atoms. The molecule has 0 saturated carbocycles. The number of anilines is 3. The summed E-state index contributed by atoms with van der Waals surface area (Å²) in [5.41, 5.74) is 6.00. The molecule has 6 rings (SSSR count). The van der Waals surface area contributed by atoms with Crippen molar-refractivity contribution >= 4 is 28.1 Å². The minimum atomic E-state index is -0.565. The number of nitrogens with one attached hydrogen (secondary N) is 4. The van der Waals surface area contributed by atoms with Gasteiger partial charge in [-0.3, -0.25) is 5.10 Å². The summed E-state index contributed by atoms with van der Waals surface area (Å²) in [5.74, 6) is -0.379. The van der Waals surface area contributed by atoms with E-state index in [1.165, 1.54) is 23.4 Å². The Morgan fingerprint density at radius 1 is 0.923 bits per heavy atom. The maximum Gasteiger partial charge on any atom is 0.156 e. The first-order chi connectivity index (χ1) is 19.1. The largest absolute Gasteiger partial charge is 0.382 e. The molecule has 9 heteroatoms. The highest BCUT2D eigenvalue weighted by Crippen LogP contribution is 2.29. The van der Waals surface area contributed by atoms with E-state index in [2.05, 4.69) is 49.2 Å². The van der Waals surface area contributed by atoms with Crippen LogP contribution < -0.4 is 20.9 Å². The van der Waals surface area contributed by atoms with Gasteiger partial charge in [-0.25, -0.2) is 8.78 Å². The summed E-state index contributed by atoms with van der Waals surface area (Å²) in [5, 5.41) is 19.3. The van der Waals surface area contributed by atoms with E-state index in [9.17, 15) is 8.78 Å². The van der Waals surface area contributed by atoms with Crippen molar-refractivity contribution in [3.8, 4) is 0 Å². The molecular weight excluding hydrogens is 498 g/mol. The number of hydrogen-bond donors (Lipinski definition) is 4. The summed E-state index contributed by atoms with van der Waals surface area (Å²) in [4.78, 5) is 2.43. The van der Waals surface area contributed by atoms with Crippen molar-refractivity contribution in [1.29, 1.82) is 0 Å². The van der Waals surface area contributed by atoms with E-state index in [1.807, 2.05) is 18.2 Å². The number of aromatic nitrogens is 2. The number of benzene rings is 3. The number of rotatable bonds is 8. The third-order valence-electron chi connectivity index (χ3n) is 7.56. The van der Waals surface area contributed by atoms with Crippen LogP contribution >= 0.6 is 0 Å². The van der Waals surface area contributed by atoms with E-state index < -0.39 is 11.6 Å². The van der Waals surface area contributed by atoms with Crippen LogP contribution in [0.15, 0.2) is 54.6 Å². The lowest BCUT2D eigenvalue weighted by atomic mass is 10.0. The minimum Gasteiger partial charge on any atom is -0.382 e. The summed E-state index contributed by atoms with van der Waals surface area (Å²) >= 11 is 0. The molecule has 3 heterocycles. The van der Waals surface area contributed by atoms with Gasteiger partial charge in [-0.2, -0.15) is 5.10 Å². The molecule has 4 aromatic rings. The number of H-pyrrole nitrogens is 1. The lowest BCUT2D eigenvalue weighted by Gasteiger charge is -2.31. The van der Waals surface area contributed by atoms with Crippen LogP contribution in [0, 0.1) is 11.6 Å². The van der Waals surface area contributed by atoms with Crippen LogP contribution in [0.1, 0.15) is 29.5 Å². The molecule has 0 unspecified atom stereocenters. The van der Waals surface area contributed by atoms with Gasteiger partial charge in [0.2, 0.25) is 0 Å². The third kappa shape index (κ3) is 6.15. The average Bonchev–Trinajstić information content (AvgIpc) is 3.35. The topological polar surface area (TPSA) is 77.2 Å². The van der Waals surface area contributed by atoms with Gasteiger partial charge in [0.05, 0.1) is 5.52 Å². The molecule has 2 fully saturated rings. The molecule has 0 aliphatic carbocycles. The quantitative estimate of drug-likeness (QED) is 0.255. The van der Waals surface area contributed by atoms with Crippen LogP contribution in [-0.2, 0) is 17.7 Å². The molecule has 0 bridgehead atoms. The van der Waals surface area contributed by atoms with Gasteiger partial charge in [0.1, 0.15) is 11.6 Å². The highest BCUT2D eigenvalue weighted by Gasteiger charge is 2.18. The Balaban J connectivity index is 1.22. The van der Waals surface area contributed by atoms with Gasteiger partial charge in [0.15, 0.2) is 5.82 Å². The average molecular weight is 533 g/mol. The van der Waals surface area contributed by atoms with Crippen molar-refractivity contribution in [3.63, 3.8) is 0 Å². The van der Waals surface area contributed by atoms with Crippen molar-refractivity contribution < 1.29 is 13.5 Å². The van der Waals surface area contributed by atoms with Crippen LogP contribution in [0.5, 0.6) is 0 Å². The third-order valence-corrected chi connectivity index (χ3v) is 7.56. The van der Waals surface area contributed by atoms with Crippen LogP contribution in [-0.4, -0.2) is 55.6 Å². The Morgan fingerprint density at radius 3 is 2.51 bits per heavy atom. The Morgan fingerprint density at radius 2 is 1.72 bits per heavy atom. The molecule has 0 atom stereocenters. The predicted octanol–water partition coefficient (Wildman–Crippen LogP) is 5.04. The fraction of sp³-hybridized carbons (Fsp3) is 0.367.